The van der Waals surface area contributed by atoms with E-state index in [9.17, 15) is 0 Å². The second-order valence-electron chi connectivity index (χ2n) is 5.92. The van der Waals surface area contributed by atoms with Gasteiger partial charge in [-0.25, -0.2) is 0 Å². The van der Waals surface area contributed by atoms with E-state index in [4.69, 9.17) is 5.73 Å². The average molecular weight is 371 g/mol. The van der Waals surface area contributed by atoms with Crippen LogP contribution in [0.4, 0.5) is 0 Å². The molecule has 0 saturated heterocycles. The number of hydrogen-bond acceptors (Lipinski definition) is 1. The lowest BCUT2D eigenvalue weighted by Gasteiger charge is -2.05. The molecule has 3 rings (SSSR count). The summed E-state index contributed by atoms with van der Waals surface area (Å²) in [6, 6.07) is 15.2. The van der Waals surface area contributed by atoms with E-state index in [-0.39, 0.29) is 0 Å². The Bertz CT molecular complexity index is 787. The fourth-order valence-corrected chi connectivity index (χ4v) is 3.46. The number of aromatic nitrogens is 1. The lowest BCUT2D eigenvalue weighted by molar-refractivity contribution is 0.748. The molecule has 0 aliphatic rings. The molecule has 0 radical (unpaired) electrons. The van der Waals surface area contributed by atoms with Gasteiger partial charge in [-0.2, -0.15) is 0 Å². The number of nitrogens with two attached hydrogens (primary N) is 1. The summed E-state index contributed by atoms with van der Waals surface area (Å²) in [7, 11) is 0. The summed E-state index contributed by atoms with van der Waals surface area (Å²) in [6.45, 7) is 2.97. The Morgan fingerprint density at radius 3 is 2.52 bits per heavy atom. The first kappa shape index (κ1) is 16.3. The molecule has 2 aromatic carbocycles. The highest BCUT2D eigenvalue weighted by Crippen LogP contribution is 2.33. The van der Waals surface area contributed by atoms with Gasteiger partial charge >= 0.3 is 0 Å². The van der Waals surface area contributed by atoms with E-state index in [0.717, 1.165) is 36.7 Å². The lowest BCUT2D eigenvalue weighted by Crippen LogP contribution is -1.99. The van der Waals surface area contributed by atoms with Crippen molar-refractivity contribution < 1.29 is 0 Å². The number of rotatable bonds is 6. The number of aromatic amines is 1. The van der Waals surface area contributed by atoms with E-state index in [1.165, 1.54) is 33.3 Å². The minimum atomic E-state index is 0.760. The molecule has 3 heteroatoms. The van der Waals surface area contributed by atoms with Crippen molar-refractivity contribution in [3.8, 4) is 11.3 Å². The first-order valence-corrected chi connectivity index (χ1v) is 9.12. The van der Waals surface area contributed by atoms with Gasteiger partial charge in [-0.3, -0.25) is 0 Å². The summed E-state index contributed by atoms with van der Waals surface area (Å²) in [4.78, 5) is 3.70. The molecule has 1 aromatic heterocycles. The number of benzene rings is 2. The lowest BCUT2D eigenvalue weighted by atomic mass is 9.99. The van der Waals surface area contributed by atoms with E-state index in [1.54, 1.807) is 0 Å². The second-order valence-corrected chi connectivity index (χ2v) is 6.84. The van der Waals surface area contributed by atoms with E-state index in [0.29, 0.717) is 0 Å². The Balaban J connectivity index is 2.14. The molecular weight excluding hydrogens is 348 g/mol. The molecule has 0 unspecified atom stereocenters. The molecule has 0 fully saturated rings. The molecule has 3 N–H and O–H groups in total. The van der Waals surface area contributed by atoms with Crippen LogP contribution in [0.1, 0.15) is 30.9 Å². The summed E-state index contributed by atoms with van der Waals surface area (Å²) in [5.74, 6) is 0. The number of H-pyrrole nitrogens is 1. The molecule has 120 valence electrons. The number of halogens is 1. The van der Waals surface area contributed by atoms with Gasteiger partial charge < -0.3 is 10.7 Å². The number of fused-ring (bicyclic) bond motifs is 1. The summed E-state index contributed by atoms with van der Waals surface area (Å²) in [5, 5.41) is 1.36. The van der Waals surface area contributed by atoms with Crippen LogP contribution in [-0.2, 0) is 12.8 Å². The SMILES string of the molecule is CCc1cccc2c(CCCCN)c(-c3ccc(Br)cc3)[nH]c12. The van der Waals surface area contributed by atoms with Gasteiger partial charge in [-0.05, 0) is 61.1 Å². The zero-order chi connectivity index (χ0) is 16.2. The Kier molecular flexibility index (Phi) is 5.19. The van der Waals surface area contributed by atoms with Crippen molar-refractivity contribution in [3.63, 3.8) is 0 Å². The molecule has 0 bridgehead atoms. The maximum absolute atomic E-state index is 5.68. The van der Waals surface area contributed by atoms with Gasteiger partial charge in [0.2, 0.25) is 0 Å². The number of unbranched alkanes of at least 4 members (excludes halogenated alkanes) is 1. The quantitative estimate of drug-likeness (QED) is 0.557. The van der Waals surface area contributed by atoms with Gasteiger partial charge in [0.15, 0.2) is 0 Å². The smallest absolute Gasteiger partial charge is 0.0497 e. The molecule has 0 saturated carbocycles. The molecule has 0 aliphatic carbocycles. The highest BCUT2D eigenvalue weighted by Gasteiger charge is 2.14. The molecule has 0 amide bonds. The minimum absolute atomic E-state index is 0.760. The van der Waals surface area contributed by atoms with Crippen LogP contribution in [-0.4, -0.2) is 11.5 Å². The Labute approximate surface area is 146 Å². The molecule has 2 nitrogen and oxygen atoms in total. The van der Waals surface area contributed by atoms with E-state index < -0.39 is 0 Å². The van der Waals surface area contributed by atoms with Crippen LogP contribution >= 0.6 is 15.9 Å². The second kappa shape index (κ2) is 7.33. The topological polar surface area (TPSA) is 41.8 Å². The summed E-state index contributed by atoms with van der Waals surface area (Å²) in [5.41, 5.74) is 12.3. The van der Waals surface area contributed by atoms with Gasteiger partial charge in [0, 0.05) is 21.1 Å². The monoisotopic (exact) mass is 370 g/mol. The van der Waals surface area contributed by atoms with Crippen LogP contribution in [0.3, 0.4) is 0 Å². The van der Waals surface area contributed by atoms with Crippen molar-refractivity contribution in [1.29, 1.82) is 0 Å². The predicted molar refractivity (Wildman–Crippen MR) is 103 cm³/mol. The van der Waals surface area contributed by atoms with Crippen molar-refractivity contribution in [1.82, 2.24) is 4.98 Å². The Hall–Kier alpha value is -1.58. The Morgan fingerprint density at radius 1 is 1.04 bits per heavy atom. The molecule has 23 heavy (non-hydrogen) atoms. The third kappa shape index (κ3) is 3.36. The van der Waals surface area contributed by atoms with Crippen molar-refractivity contribution >= 4 is 26.8 Å². The minimum Gasteiger partial charge on any atom is -0.354 e. The third-order valence-electron chi connectivity index (χ3n) is 4.42. The molecule has 0 aliphatic heterocycles. The first-order chi connectivity index (χ1) is 11.2. The maximum Gasteiger partial charge on any atom is 0.0497 e. The van der Waals surface area contributed by atoms with Gasteiger partial charge in [0.1, 0.15) is 0 Å². The van der Waals surface area contributed by atoms with Crippen LogP contribution in [0.5, 0.6) is 0 Å². The summed E-state index contributed by atoms with van der Waals surface area (Å²) in [6.07, 6.45) is 4.30. The fourth-order valence-electron chi connectivity index (χ4n) is 3.20. The number of nitrogens with one attached hydrogen (secondary N) is 1. The zero-order valence-electron chi connectivity index (χ0n) is 13.5. The van der Waals surface area contributed by atoms with Crippen molar-refractivity contribution in [3.05, 3.63) is 58.1 Å². The molecular formula is C20H23BrN2. The standard InChI is InChI=1S/C20H23BrN2/c1-2-14-6-5-8-18-17(7-3-4-13-22)20(23-19(14)18)15-9-11-16(21)12-10-15/h5-6,8-12,23H,2-4,7,13,22H2,1H3. The first-order valence-electron chi connectivity index (χ1n) is 8.33. The largest absolute Gasteiger partial charge is 0.354 e. The van der Waals surface area contributed by atoms with Gasteiger partial charge in [0.05, 0.1) is 0 Å². The van der Waals surface area contributed by atoms with Crippen molar-refractivity contribution in [2.45, 2.75) is 32.6 Å². The molecule has 0 atom stereocenters. The van der Waals surface area contributed by atoms with Gasteiger partial charge in [0.25, 0.3) is 0 Å². The molecule has 1 heterocycles. The highest BCUT2D eigenvalue weighted by molar-refractivity contribution is 9.10. The third-order valence-corrected chi connectivity index (χ3v) is 4.95. The number of hydrogen-bond donors (Lipinski definition) is 2. The van der Waals surface area contributed by atoms with Crippen LogP contribution in [0, 0.1) is 0 Å². The highest BCUT2D eigenvalue weighted by atomic mass is 79.9. The van der Waals surface area contributed by atoms with Gasteiger partial charge in [-0.15, -0.1) is 0 Å². The number of aryl methyl sites for hydroxylation is 2. The average Bonchev–Trinajstić information content (AvgIpc) is 2.94. The normalized spacial score (nSPS) is 11.3. The van der Waals surface area contributed by atoms with E-state index in [1.807, 2.05) is 0 Å². The molecule has 3 aromatic rings. The zero-order valence-corrected chi connectivity index (χ0v) is 15.1. The van der Waals surface area contributed by atoms with E-state index >= 15 is 0 Å². The fraction of sp³-hybridized carbons (Fsp3) is 0.300. The maximum atomic E-state index is 5.68. The molecule has 0 spiro atoms. The Morgan fingerprint density at radius 2 is 1.83 bits per heavy atom. The van der Waals surface area contributed by atoms with Crippen LogP contribution in [0.15, 0.2) is 46.9 Å². The van der Waals surface area contributed by atoms with Crippen LogP contribution < -0.4 is 5.73 Å². The predicted octanol–water partition coefficient (Wildman–Crippen LogP) is 5.44. The van der Waals surface area contributed by atoms with Crippen molar-refractivity contribution in [2.75, 3.05) is 6.54 Å². The number of para-hydroxylation sites is 1. The van der Waals surface area contributed by atoms with Crippen LogP contribution in [0.25, 0.3) is 22.2 Å². The van der Waals surface area contributed by atoms with E-state index in [2.05, 4.69) is 70.3 Å². The summed E-state index contributed by atoms with van der Waals surface area (Å²) < 4.78 is 1.11. The van der Waals surface area contributed by atoms with Gasteiger partial charge in [-0.1, -0.05) is 53.2 Å². The van der Waals surface area contributed by atoms with Crippen LogP contribution in [0.2, 0.25) is 0 Å². The summed E-state index contributed by atoms with van der Waals surface area (Å²) >= 11 is 3.52. The van der Waals surface area contributed by atoms with Crippen molar-refractivity contribution in [2.24, 2.45) is 5.73 Å².